The van der Waals surface area contributed by atoms with E-state index in [1.165, 1.54) is 25.7 Å². The van der Waals surface area contributed by atoms with Gasteiger partial charge >= 0.3 is 0 Å². The Morgan fingerprint density at radius 2 is 2.19 bits per heavy atom. The van der Waals surface area contributed by atoms with Crippen LogP contribution in [0.4, 0.5) is 0 Å². The second-order valence-electron chi connectivity index (χ2n) is 4.73. The minimum Gasteiger partial charge on any atom is -0.355 e. The van der Waals surface area contributed by atoms with E-state index in [0.29, 0.717) is 12.6 Å². The van der Waals surface area contributed by atoms with Crippen molar-refractivity contribution in [3.05, 3.63) is 0 Å². The highest BCUT2D eigenvalue weighted by molar-refractivity contribution is 5.78. The molecule has 1 N–H and O–H groups in total. The van der Waals surface area contributed by atoms with E-state index in [4.69, 9.17) is 0 Å². The van der Waals surface area contributed by atoms with E-state index in [1.54, 1.807) is 0 Å². The summed E-state index contributed by atoms with van der Waals surface area (Å²) in [7, 11) is 0. The molecule has 0 aromatic carbocycles. The molecule has 94 valence electrons. The van der Waals surface area contributed by atoms with Gasteiger partial charge in [0.1, 0.15) is 0 Å². The summed E-state index contributed by atoms with van der Waals surface area (Å²) in [6.07, 6.45) is 7.23. The highest BCUT2D eigenvalue weighted by Gasteiger charge is 2.22. The quantitative estimate of drug-likeness (QED) is 0.704. The van der Waals surface area contributed by atoms with Gasteiger partial charge < -0.3 is 5.32 Å². The number of amides is 1. The van der Waals surface area contributed by atoms with Crippen LogP contribution in [0.15, 0.2) is 0 Å². The number of hydrogen-bond donors (Lipinski definition) is 1. The average Bonchev–Trinajstić information content (AvgIpc) is 2.30. The number of likely N-dealkylation sites (tertiary alicyclic amines) is 1. The Bertz CT molecular complexity index is 206. The Kier molecular flexibility index (Phi) is 6.46. The van der Waals surface area contributed by atoms with Crippen molar-refractivity contribution < 1.29 is 4.79 Å². The van der Waals surface area contributed by atoms with Crippen LogP contribution in [0.25, 0.3) is 0 Å². The Balaban J connectivity index is 2.25. The molecule has 1 atom stereocenters. The van der Waals surface area contributed by atoms with Gasteiger partial charge in [-0.2, -0.15) is 0 Å². The van der Waals surface area contributed by atoms with Crippen molar-refractivity contribution in [3.63, 3.8) is 0 Å². The molecule has 1 aliphatic rings. The summed E-state index contributed by atoms with van der Waals surface area (Å²) in [5.74, 6) is 0.203. The number of piperidine rings is 1. The Morgan fingerprint density at radius 1 is 1.38 bits per heavy atom. The summed E-state index contributed by atoms with van der Waals surface area (Å²) in [4.78, 5) is 14.0. The highest BCUT2D eigenvalue weighted by atomic mass is 16.2. The Labute approximate surface area is 99.6 Å². The molecule has 16 heavy (non-hydrogen) atoms. The average molecular weight is 226 g/mol. The number of rotatable bonds is 6. The van der Waals surface area contributed by atoms with Crippen LogP contribution >= 0.6 is 0 Å². The third-order valence-corrected chi connectivity index (χ3v) is 3.42. The zero-order valence-electron chi connectivity index (χ0n) is 10.8. The molecule has 0 radical (unpaired) electrons. The molecule has 0 saturated carbocycles. The molecule has 1 aliphatic heterocycles. The van der Waals surface area contributed by atoms with Crippen molar-refractivity contribution >= 4 is 5.91 Å². The van der Waals surface area contributed by atoms with E-state index in [-0.39, 0.29) is 5.91 Å². The van der Waals surface area contributed by atoms with Gasteiger partial charge in [-0.25, -0.2) is 0 Å². The van der Waals surface area contributed by atoms with E-state index in [1.807, 2.05) is 0 Å². The first kappa shape index (κ1) is 13.5. The second-order valence-corrected chi connectivity index (χ2v) is 4.73. The van der Waals surface area contributed by atoms with Crippen molar-refractivity contribution in [3.8, 4) is 0 Å². The lowest BCUT2D eigenvalue weighted by molar-refractivity contribution is -0.123. The second kappa shape index (κ2) is 7.66. The predicted molar refractivity (Wildman–Crippen MR) is 67.4 cm³/mol. The number of nitrogens with zero attached hydrogens (tertiary/aromatic N) is 1. The van der Waals surface area contributed by atoms with Gasteiger partial charge in [0.05, 0.1) is 6.54 Å². The van der Waals surface area contributed by atoms with Crippen molar-refractivity contribution in [2.45, 2.75) is 58.4 Å². The van der Waals surface area contributed by atoms with Gasteiger partial charge in [-0.15, -0.1) is 0 Å². The fraction of sp³-hybridized carbons (Fsp3) is 0.923. The van der Waals surface area contributed by atoms with E-state index in [2.05, 4.69) is 24.1 Å². The zero-order valence-corrected chi connectivity index (χ0v) is 10.8. The summed E-state index contributed by atoms with van der Waals surface area (Å²) < 4.78 is 0. The van der Waals surface area contributed by atoms with Gasteiger partial charge in [0, 0.05) is 12.6 Å². The van der Waals surface area contributed by atoms with Gasteiger partial charge in [-0.1, -0.05) is 26.7 Å². The largest absolute Gasteiger partial charge is 0.355 e. The number of unbranched alkanes of at least 4 members (excludes halogenated alkanes) is 1. The Morgan fingerprint density at radius 3 is 2.88 bits per heavy atom. The Hall–Kier alpha value is -0.570. The zero-order chi connectivity index (χ0) is 11.8. The van der Waals surface area contributed by atoms with Crippen molar-refractivity contribution in [2.24, 2.45) is 0 Å². The van der Waals surface area contributed by atoms with Gasteiger partial charge in [0.15, 0.2) is 0 Å². The third kappa shape index (κ3) is 4.52. The minimum absolute atomic E-state index is 0.203. The van der Waals surface area contributed by atoms with Crippen LogP contribution in [0.2, 0.25) is 0 Å². The lowest BCUT2D eigenvalue weighted by atomic mass is 10.0. The van der Waals surface area contributed by atoms with Gasteiger partial charge in [0.25, 0.3) is 0 Å². The lowest BCUT2D eigenvalue weighted by Gasteiger charge is -2.34. The maximum Gasteiger partial charge on any atom is 0.234 e. The SMILES string of the molecule is CCCCNC(=O)CN1CCCCC1CC. The molecule has 0 aromatic heterocycles. The molecule has 0 aromatic rings. The number of carbonyl (C=O) groups excluding carboxylic acids is 1. The molecule has 1 rings (SSSR count). The van der Waals surface area contributed by atoms with Crippen LogP contribution in [-0.4, -0.2) is 36.5 Å². The van der Waals surface area contributed by atoms with Crippen molar-refractivity contribution in [2.75, 3.05) is 19.6 Å². The molecular formula is C13H26N2O. The molecule has 1 saturated heterocycles. The van der Waals surface area contributed by atoms with Crippen molar-refractivity contribution in [1.29, 1.82) is 0 Å². The topological polar surface area (TPSA) is 32.3 Å². The first-order valence-electron chi connectivity index (χ1n) is 6.78. The van der Waals surface area contributed by atoms with E-state index < -0.39 is 0 Å². The third-order valence-electron chi connectivity index (χ3n) is 3.42. The smallest absolute Gasteiger partial charge is 0.234 e. The monoisotopic (exact) mass is 226 g/mol. The lowest BCUT2D eigenvalue weighted by Crippen LogP contribution is -2.45. The molecule has 0 aliphatic carbocycles. The molecule has 1 unspecified atom stereocenters. The number of carbonyl (C=O) groups is 1. The molecule has 0 bridgehead atoms. The van der Waals surface area contributed by atoms with Gasteiger partial charge in [-0.05, 0) is 32.2 Å². The van der Waals surface area contributed by atoms with Crippen LogP contribution in [-0.2, 0) is 4.79 Å². The fourth-order valence-corrected chi connectivity index (χ4v) is 2.38. The van der Waals surface area contributed by atoms with Crippen molar-refractivity contribution in [1.82, 2.24) is 10.2 Å². The van der Waals surface area contributed by atoms with E-state index >= 15 is 0 Å². The van der Waals surface area contributed by atoms with Gasteiger partial charge in [0.2, 0.25) is 5.91 Å². The maximum absolute atomic E-state index is 11.7. The molecular weight excluding hydrogens is 200 g/mol. The molecule has 1 fully saturated rings. The van der Waals surface area contributed by atoms with Crippen LogP contribution in [0.5, 0.6) is 0 Å². The minimum atomic E-state index is 0.203. The van der Waals surface area contributed by atoms with Crippen LogP contribution in [0.3, 0.4) is 0 Å². The summed E-state index contributed by atoms with van der Waals surface area (Å²) in [6, 6.07) is 0.630. The summed E-state index contributed by atoms with van der Waals surface area (Å²) >= 11 is 0. The van der Waals surface area contributed by atoms with E-state index in [0.717, 1.165) is 25.9 Å². The molecule has 1 amide bonds. The van der Waals surface area contributed by atoms with Crippen LogP contribution < -0.4 is 5.32 Å². The molecule has 3 nitrogen and oxygen atoms in total. The van der Waals surface area contributed by atoms with Crippen LogP contribution in [0.1, 0.15) is 52.4 Å². The molecule has 1 heterocycles. The first-order chi connectivity index (χ1) is 7.77. The summed E-state index contributed by atoms with van der Waals surface area (Å²) in [5, 5.41) is 2.99. The fourth-order valence-electron chi connectivity index (χ4n) is 2.38. The van der Waals surface area contributed by atoms with Crippen LogP contribution in [0, 0.1) is 0 Å². The highest BCUT2D eigenvalue weighted by Crippen LogP contribution is 2.18. The summed E-state index contributed by atoms with van der Waals surface area (Å²) in [6.45, 7) is 6.89. The molecule has 0 spiro atoms. The standard InChI is InChI=1S/C13H26N2O/c1-3-5-9-14-13(16)11-15-10-7-6-8-12(15)4-2/h12H,3-11H2,1-2H3,(H,14,16). The number of hydrogen-bond acceptors (Lipinski definition) is 2. The normalized spacial score (nSPS) is 22.0. The van der Waals surface area contributed by atoms with E-state index in [9.17, 15) is 4.79 Å². The summed E-state index contributed by atoms with van der Waals surface area (Å²) in [5.41, 5.74) is 0. The predicted octanol–water partition coefficient (Wildman–Crippen LogP) is 2.17. The molecule has 3 heteroatoms. The first-order valence-corrected chi connectivity index (χ1v) is 6.78. The maximum atomic E-state index is 11.7. The number of nitrogens with one attached hydrogen (secondary N) is 1. The van der Waals surface area contributed by atoms with Gasteiger partial charge in [-0.3, -0.25) is 9.69 Å².